The van der Waals surface area contributed by atoms with Crippen molar-refractivity contribution in [3.63, 3.8) is 0 Å². The van der Waals surface area contributed by atoms with Crippen LogP contribution in [0.2, 0.25) is 0 Å². The average Bonchev–Trinajstić information content (AvgIpc) is 3.92. The van der Waals surface area contributed by atoms with Crippen molar-refractivity contribution in [2.75, 3.05) is 36.5 Å². The summed E-state index contributed by atoms with van der Waals surface area (Å²) in [5.41, 5.74) is 11.3. The van der Waals surface area contributed by atoms with Crippen molar-refractivity contribution in [3.05, 3.63) is 89.2 Å². The second-order valence-electron chi connectivity index (χ2n) is 9.66. The fourth-order valence-electron chi connectivity index (χ4n) is 4.79. The van der Waals surface area contributed by atoms with Gasteiger partial charge >= 0.3 is 0 Å². The first-order valence-corrected chi connectivity index (χ1v) is 15.0. The van der Waals surface area contributed by atoms with Crippen LogP contribution in [0.3, 0.4) is 0 Å². The first kappa shape index (κ1) is 31.4. The van der Waals surface area contributed by atoms with Crippen LogP contribution in [0, 0.1) is 5.41 Å². The highest BCUT2D eigenvalue weighted by atomic mass is 16.5. The van der Waals surface area contributed by atoms with Crippen LogP contribution in [0.1, 0.15) is 68.8 Å². The zero-order valence-corrected chi connectivity index (χ0v) is 25.3. The predicted molar refractivity (Wildman–Crippen MR) is 172 cm³/mol. The minimum absolute atomic E-state index is 0.246. The molecule has 2 aromatic carbocycles. The van der Waals surface area contributed by atoms with Gasteiger partial charge in [-0.1, -0.05) is 76.2 Å². The third kappa shape index (κ3) is 7.64. The summed E-state index contributed by atoms with van der Waals surface area (Å²) in [7, 11) is 0. The van der Waals surface area contributed by atoms with Gasteiger partial charge in [-0.2, -0.15) is 4.99 Å². The number of nitrogens with one attached hydrogen (secondary N) is 2. The molecule has 0 bridgehead atoms. The number of amides is 1. The van der Waals surface area contributed by atoms with Gasteiger partial charge in [-0.25, -0.2) is 9.98 Å². The number of pyridine rings is 1. The molecule has 3 heterocycles. The van der Waals surface area contributed by atoms with Crippen molar-refractivity contribution in [2.24, 2.45) is 15.7 Å². The quantitative estimate of drug-likeness (QED) is 0.275. The van der Waals surface area contributed by atoms with Gasteiger partial charge < -0.3 is 25.4 Å². The summed E-state index contributed by atoms with van der Waals surface area (Å²) < 4.78 is 11.1. The Morgan fingerprint density at radius 3 is 2.42 bits per heavy atom. The molecular weight excluding hydrogens is 542 g/mol. The summed E-state index contributed by atoms with van der Waals surface area (Å²) in [5, 5.41) is 11.5. The SMILES string of the molecule is CC.CC.N=C(O/C(N)=N/C1N=C(c2ccccc2)c2ccccc2NC1=O)c1ncc(C2CC2)cc1N1CCOCC1. The van der Waals surface area contributed by atoms with Gasteiger partial charge in [0, 0.05) is 30.4 Å². The summed E-state index contributed by atoms with van der Waals surface area (Å²) in [6.07, 6.45) is 2.89. The summed E-state index contributed by atoms with van der Waals surface area (Å²) in [6.45, 7) is 10.6. The lowest BCUT2D eigenvalue weighted by molar-refractivity contribution is -0.117. The minimum atomic E-state index is -1.20. The van der Waals surface area contributed by atoms with Crippen LogP contribution in [0.15, 0.2) is 76.8 Å². The molecule has 1 atom stereocenters. The normalized spacial score (nSPS) is 17.9. The summed E-state index contributed by atoms with van der Waals surface area (Å²) in [6, 6.07) is 18.8. The molecule has 1 aromatic heterocycles. The summed E-state index contributed by atoms with van der Waals surface area (Å²) in [5.74, 6) is -0.181. The molecule has 6 rings (SSSR count). The van der Waals surface area contributed by atoms with E-state index in [1.54, 1.807) is 6.20 Å². The van der Waals surface area contributed by atoms with E-state index in [4.69, 9.17) is 20.6 Å². The van der Waals surface area contributed by atoms with Gasteiger partial charge in [-0.05, 0) is 36.5 Å². The lowest BCUT2D eigenvalue weighted by Gasteiger charge is -2.30. The Labute approximate surface area is 253 Å². The number of ether oxygens (including phenoxy) is 2. The lowest BCUT2D eigenvalue weighted by Crippen LogP contribution is -2.38. The number of nitrogens with zero attached hydrogens (tertiary/aromatic N) is 4. The molecule has 3 aliphatic rings. The molecule has 43 heavy (non-hydrogen) atoms. The molecule has 1 saturated heterocycles. The Hall–Kier alpha value is -4.57. The molecule has 1 aliphatic carbocycles. The monoisotopic (exact) mass is 583 g/mol. The van der Waals surface area contributed by atoms with Crippen LogP contribution in [0.4, 0.5) is 11.4 Å². The van der Waals surface area contributed by atoms with E-state index < -0.39 is 12.1 Å². The Bertz CT molecular complexity index is 1460. The second kappa shape index (κ2) is 15.1. The number of hydrogen-bond acceptors (Lipinski definition) is 8. The van der Waals surface area contributed by atoms with E-state index in [1.807, 2.05) is 82.3 Å². The number of carbonyl (C=O) groups excluding carboxylic acids is 1. The maximum Gasteiger partial charge on any atom is 0.291 e. The predicted octanol–water partition coefficient (Wildman–Crippen LogP) is 5.32. The third-order valence-corrected chi connectivity index (χ3v) is 6.93. The molecule has 0 radical (unpaired) electrons. The number of carbonyl (C=O) groups is 1. The first-order valence-electron chi connectivity index (χ1n) is 15.0. The first-order chi connectivity index (χ1) is 21.1. The van der Waals surface area contributed by atoms with Gasteiger partial charge in [-0.15, -0.1) is 0 Å². The molecular formula is C33H41N7O3. The molecule has 226 valence electrons. The number of aromatic nitrogens is 1. The molecule has 1 saturated carbocycles. The maximum atomic E-state index is 13.1. The van der Waals surface area contributed by atoms with Crippen LogP contribution in [0.25, 0.3) is 0 Å². The van der Waals surface area contributed by atoms with Crippen LogP contribution >= 0.6 is 0 Å². The number of hydrogen-bond donors (Lipinski definition) is 3. The summed E-state index contributed by atoms with van der Waals surface area (Å²) >= 11 is 0. The highest BCUT2D eigenvalue weighted by molar-refractivity contribution is 6.19. The molecule has 2 aliphatic heterocycles. The fourth-order valence-corrected chi connectivity index (χ4v) is 4.79. The van der Waals surface area contributed by atoms with Crippen molar-refractivity contribution in [1.29, 1.82) is 5.41 Å². The molecule has 1 unspecified atom stereocenters. The zero-order chi connectivity index (χ0) is 30.8. The van der Waals surface area contributed by atoms with Gasteiger partial charge in [0.05, 0.1) is 30.3 Å². The topological polar surface area (TPSA) is 138 Å². The van der Waals surface area contributed by atoms with E-state index in [0.29, 0.717) is 49.3 Å². The number of fused-ring (bicyclic) bond motifs is 1. The van der Waals surface area contributed by atoms with Gasteiger partial charge in [0.15, 0.2) is 0 Å². The molecule has 4 N–H and O–H groups in total. The standard InChI is InChI=1S/C29H29N7O3.2C2H6/c30-26(25-23(36-12-14-38-15-13-36)16-20(17-32-25)18-10-11-18)39-29(31)35-27-28(37)33-22-9-5-4-8-21(22)24(34-27)19-6-2-1-3-7-19;2*1-2/h1-9,16-18,27,30H,10-15H2,(H2,31,35)(H,33,37);2*1-2H3. The minimum Gasteiger partial charge on any atom is -0.405 e. The van der Waals surface area contributed by atoms with E-state index in [9.17, 15) is 4.79 Å². The Morgan fingerprint density at radius 1 is 1.05 bits per heavy atom. The van der Waals surface area contributed by atoms with Gasteiger partial charge in [0.2, 0.25) is 12.1 Å². The number of rotatable bonds is 5. The number of nitrogens with two attached hydrogens (primary N) is 1. The van der Waals surface area contributed by atoms with Crippen LogP contribution < -0.4 is 16.0 Å². The molecule has 10 heteroatoms. The number of anilines is 2. The van der Waals surface area contributed by atoms with Crippen LogP contribution in [0.5, 0.6) is 0 Å². The highest BCUT2D eigenvalue weighted by Crippen LogP contribution is 2.41. The molecule has 3 aromatic rings. The Balaban J connectivity index is 0.00000102. The second-order valence-corrected chi connectivity index (χ2v) is 9.66. The Kier molecular flexibility index (Phi) is 11.0. The number of amidine groups is 1. The molecule has 1 amide bonds. The maximum absolute atomic E-state index is 13.1. The number of para-hydroxylation sites is 1. The number of benzene rings is 2. The highest BCUT2D eigenvalue weighted by Gasteiger charge is 2.29. The fraction of sp³-hybridized carbons (Fsp3) is 0.364. The Morgan fingerprint density at radius 2 is 1.72 bits per heavy atom. The molecule has 0 spiro atoms. The van der Waals surface area contributed by atoms with Crippen molar-refractivity contribution >= 4 is 34.9 Å². The van der Waals surface area contributed by atoms with Gasteiger partial charge in [0.25, 0.3) is 11.9 Å². The van der Waals surface area contributed by atoms with Gasteiger partial charge in [-0.3, -0.25) is 10.2 Å². The van der Waals surface area contributed by atoms with Crippen molar-refractivity contribution < 1.29 is 14.3 Å². The van der Waals surface area contributed by atoms with E-state index in [2.05, 4.69) is 31.3 Å². The summed E-state index contributed by atoms with van der Waals surface area (Å²) in [4.78, 5) is 28.8. The smallest absolute Gasteiger partial charge is 0.291 e. The number of benzodiazepines with no additional fused rings is 1. The largest absolute Gasteiger partial charge is 0.405 e. The van der Waals surface area contributed by atoms with Crippen LogP contribution in [-0.4, -0.2) is 61.0 Å². The lowest BCUT2D eigenvalue weighted by atomic mass is 10.0. The van der Waals surface area contributed by atoms with Gasteiger partial charge in [0.1, 0.15) is 5.69 Å². The number of morpholine rings is 1. The van der Waals surface area contributed by atoms with Crippen molar-refractivity contribution in [1.82, 2.24) is 4.98 Å². The molecule has 2 fully saturated rings. The van der Waals surface area contributed by atoms with Crippen LogP contribution in [-0.2, 0) is 14.3 Å². The van der Waals surface area contributed by atoms with Crippen molar-refractivity contribution in [2.45, 2.75) is 52.6 Å². The van der Waals surface area contributed by atoms with E-state index in [1.165, 1.54) is 0 Å². The van der Waals surface area contributed by atoms with E-state index >= 15 is 0 Å². The van der Waals surface area contributed by atoms with Crippen molar-refractivity contribution in [3.8, 4) is 0 Å². The average molecular weight is 584 g/mol. The third-order valence-electron chi connectivity index (χ3n) is 6.93. The zero-order valence-electron chi connectivity index (χ0n) is 25.3. The van der Waals surface area contributed by atoms with E-state index in [-0.39, 0.29) is 11.9 Å². The number of aliphatic imine (C=N–C) groups is 2. The van der Waals surface area contributed by atoms with E-state index in [0.717, 1.165) is 35.2 Å². The molecule has 10 nitrogen and oxygen atoms in total.